The van der Waals surface area contributed by atoms with Crippen LogP contribution in [0.5, 0.6) is 0 Å². The van der Waals surface area contributed by atoms with E-state index in [4.69, 9.17) is 5.11 Å². The van der Waals surface area contributed by atoms with E-state index >= 15 is 0 Å². The Bertz CT molecular complexity index is 382. The molecule has 1 aromatic carbocycles. The minimum absolute atomic E-state index is 0.0327. The van der Waals surface area contributed by atoms with Gasteiger partial charge >= 0.3 is 0 Å². The van der Waals surface area contributed by atoms with E-state index in [2.05, 4.69) is 19.2 Å². The first-order chi connectivity index (χ1) is 9.08. The molecule has 0 aliphatic heterocycles. The van der Waals surface area contributed by atoms with Gasteiger partial charge in [0.1, 0.15) is 5.82 Å². The fourth-order valence-electron chi connectivity index (χ4n) is 1.99. The van der Waals surface area contributed by atoms with Gasteiger partial charge in [0.25, 0.3) is 0 Å². The van der Waals surface area contributed by atoms with Crippen molar-refractivity contribution in [1.82, 2.24) is 5.32 Å². The molecule has 0 spiro atoms. The summed E-state index contributed by atoms with van der Waals surface area (Å²) in [6, 6.07) is 5.30. The van der Waals surface area contributed by atoms with Crippen molar-refractivity contribution < 1.29 is 9.50 Å². The molecule has 0 saturated carbocycles. The third-order valence-electron chi connectivity index (χ3n) is 2.99. The quantitative estimate of drug-likeness (QED) is 0.760. The summed E-state index contributed by atoms with van der Waals surface area (Å²) in [5, 5.41) is 12.3. The first kappa shape index (κ1) is 15.9. The Kier molecular flexibility index (Phi) is 6.81. The van der Waals surface area contributed by atoms with Crippen LogP contribution in [0.15, 0.2) is 18.2 Å². The Labute approximate surface area is 115 Å². The average molecular weight is 268 g/mol. The highest BCUT2D eigenvalue weighted by atomic mass is 19.1. The van der Waals surface area contributed by atoms with Crippen LogP contribution < -0.4 is 10.2 Å². The Balaban J connectivity index is 2.68. The normalized spacial score (nSPS) is 11.1. The van der Waals surface area contributed by atoms with E-state index in [-0.39, 0.29) is 12.4 Å². The van der Waals surface area contributed by atoms with Crippen LogP contribution in [0.1, 0.15) is 26.3 Å². The summed E-state index contributed by atoms with van der Waals surface area (Å²) in [7, 11) is 0. The van der Waals surface area contributed by atoms with Crippen molar-refractivity contribution in [2.24, 2.45) is 5.92 Å². The second kappa shape index (κ2) is 8.12. The number of hydrogen-bond donors (Lipinski definition) is 2. The first-order valence-electron chi connectivity index (χ1n) is 6.93. The fourth-order valence-corrected chi connectivity index (χ4v) is 1.99. The Hall–Kier alpha value is -1.13. The summed E-state index contributed by atoms with van der Waals surface area (Å²) in [6.07, 6.45) is 0. The molecular weight excluding hydrogens is 243 g/mol. The zero-order valence-corrected chi connectivity index (χ0v) is 12.1. The average Bonchev–Trinajstić information content (AvgIpc) is 2.36. The van der Waals surface area contributed by atoms with E-state index in [1.807, 2.05) is 17.9 Å². The molecule has 0 bridgehead atoms. The Morgan fingerprint density at radius 1 is 1.37 bits per heavy atom. The van der Waals surface area contributed by atoms with Gasteiger partial charge in [-0.1, -0.05) is 19.9 Å². The number of aliphatic hydroxyl groups is 1. The molecule has 0 amide bonds. The van der Waals surface area contributed by atoms with Crippen LogP contribution in [0.4, 0.5) is 10.1 Å². The highest BCUT2D eigenvalue weighted by Crippen LogP contribution is 2.20. The van der Waals surface area contributed by atoms with Crippen molar-refractivity contribution in [2.75, 3.05) is 31.1 Å². The van der Waals surface area contributed by atoms with E-state index in [1.54, 1.807) is 12.1 Å². The predicted molar refractivity (Wildman–Crippen MR) is 77.9 cm³/mol. The second-order valence-electron chi connectivity index (χ2n) is 5.11. The second-order valence-corrected chi connectivity index (χ2v) is 5.11. The molecular formula is C15H25FN2O. The topological polar surface area (TPSA) is 35.5 Å². The molecule has 0 atom stereocenters. The predicted octanol–water partition coefficient (Wildman–Crippen LogP) is 2.39. The number of halogens is 1. The molecule has 0 unspecified atom stereocenters. The number of anilines is 1. The molecule has 1 rings (SSSR count). The molecule has 108 valence electrons. The van der Waals surface area contributed by atoms with E-state index < -0.39 is 0 Å². The minimum Gasteiger partial charge on any atom is -0.395 e. The van der Waals surface area contributed by atoms with Crippen LogP contribution in [0.2, 0.25) is 0 Å². The molecule has 2 N–H and O–H groups in total. The molecule has 0 aliphatic rings. The van der Waals surface area contributed by atoms with Crippen LogP contribution in [-0.2, 0) is 6.54 Å². The van der Waals surface area contributed by atoms with Crippen molar-refractivity contribution in [3.63, 3.8) is 0 Å². The van der Waals surface area contributed by atoms with Crippen molar-refractivity contribution in [3.05, 3.63) is 29.6 Å². The number of nitrogens with one attached hydrogen (secondary N) is 1. The number of hydrogen-bond acceptors (Lipinski definition) is 3. The summed E-state index contributed by atoms with van der Waals surface area (Å²) < 4.78 is 14.0. The van der Waals surface area contributed by atoms with Crippen LogP contribution in [0, 0.1) is 11.7 Å². The van der Waals surface area contributed by atoms with Gasteiger partial charge in [0.15, 0.2) is 0 Å². The lowest BCUT2D eigenvalue weighted by Gasteiger charge is -2.22. The maximum atomic E-state index is 14.0. The maximum Gasteiger partial charge on any atom is 0.146 e. The van der Waals surface area contributed by atoms with Crippen LogP contribution in [-0.4, -0.2) is 31.3 Å². The molecule has 3 nitrogen and oxygen atoms in total. The molecule has 0 aliphatic carbocycles. The van der Waals surface area contributed by atoms with Gasteiger partial charge in [-0.05, 0) is 37.1 Å². The van der Waals surface area contributed by atoms with Crippen LogP contribution in [0.3, 0.4) is 0 Å². The van der Waals surface area contributed by atoms with Gasteiger partial charge in [-0.15, -0.1) is 0 Å². The molecule has 0 radical (unpaired) electrons. The van der Waals surface area contributed by atoms with Crippen LogP contribution in [0.25, 0.3) is 0 Å². The summed E-state index contributed by atoms with van der Waals surface area (Å²) in [6.45, 7) is 9.02. The molecule has 4 heteroatoms. The van der Waals surface area contributed by atoms with E-state index in [0.717, 1.165) is 12.1 Å². The van der Waals surface area contributed by atoms with Crippen molar-refractivity contribution >= 4 is 5.69 Å². The third-order valence-corrected chi connectivity index (χ3v) is 2.99. The number of benzene rings is 1. The molecule has 0 saturated heterocycles. The minimum atomic E-state index is -0.223. The van der Waals surface area contributed by atoms with Crippen molar-refractivity contribution in [1.29, 1.82) is 0 Å². The summed E-state index contributed by atoms with van der Waals surface area (Å²) >= 11 is 0. The maximum absolute atomic E-state index is 14.0. The lowest BCUT2D eigenvalue weighted by Crippen LogP contribution is -2.27. The smallest absolute Gasteiger partial charge is 0.146 e. The molecule has 0 fully saturated rings. The van der Waals surface area contributed by atoms with Crippen molar-refractivity contribution in [3.8, 4) is 0 Å². The number of aliphatic hydroxyl groups excluding tert-OH is 1. The standard InChI is InChI=1S/C15H25FN2O/c1-4-18(7-8-19)15-6-5-13(9-14(15)16)11-17-10-12(2)3/h5-6,9,12,17,19H,4,7-8,10-11H2,1-3H3. The van der Waals surface area contributed by atoms with Gasteiger partial charge in [0, 0.05) is 19.6 Å². The monoisotopic (exact) mass is 268 g/mol. The van der Waals surface area contributed by atoms with E-state index in [0.29, 0.717) is 31.2 Å². The van der Waals surface area contributed by atoms with Gasteiger partial charge in [-0.2, -0.15) is 0 Å². The van der Waals surface area contributed by atoms with Gasteiger partial charge in [0.2, 0.25) is 0 Å². The van der Waals surface area contributed by atoms with Gasteiger partial charge in [-0.3, -0.25) is 0 Å². The number of likely N-dealkylation sites (N-methyl/N-ethyl adjacent to an activating group) is 1. The van der Waals surface area contributed by atoms with Crippen LogP contribution >= 0.6 is 0 Å². The van der Waals surface area contributed by atoms with Gasteiger partial charge in [0.05, 0.1) is 12.3 Å². The summed E-state index contributed by atoms with van der Waals surface area (Å²) in [5.74, 6) is 0.364. The lowest BCUT2D eigenvalue weighted by molar-refractivity contribution is 0.302. The van der Waals surface area contributed by atoms with E-state index in [9.17, 15) is 4.39 Å². The van der Waals surface area contributed by atoms with E-state index in [1.165, 1.54) is 0 Å². The van der Waals surface area contributed by atoms with Crippen molar-refractivity contribution in [2.45, 2.75) is 27.3 Å². The highest BCUT2D eigenvalue weighted by molar-refractivity contribution is 5.49. The molecule has 0 aromatic heterocycles. The van der Waals surface area contributed by atoms with Gasteiger partial charge in [-0.25, -0.2) is 4.39 Å². The number of rotatable bonds is 8. The largest absolute Gasteiger partial charge is 0.395 e. The zero-order valence-electron chi connectivity index (χ0n) is 12.1. The lowest BCUT2D eigenvalue weighted by atomic mass is 10.1. The molecule has 0 heterocycles. The summed E-state index contributed by atoms with van der Waals surface area (Å²) in [5.41, 5.74) is 1.51. The third kappa shape index (κ3) is 5.17. The SMILES string of the molecule is CCN(CCO)c1ccc(CNCC(C)C)cc1F. The molecule has 1 aromatic rings. The number of nitrogens with zero attached hydrogens (tertiary/aromatic N) is 1. The zero-order chi connectivity index (χ0) is 14.3. The highest BCUT2D eigenvalue weighted by Gasteiger charge is 2.10. The fraction of sp³-hybridized carbons (Fsp3) is 0.600. The van der Waals surface area contributed by atoms with Gasteiger partial charge < -0.3 is 15.3 Å². The Morgan fingerprint density at radius 3 is 2.63 bits per heavy atom. The summed E-state index contributed by atoms with van der Waals surface area (Å²) in [4.78, 5) is 1.83. The molecule has 19 heavy (non-hydrogen) atoms. The Morgan fingerprint density at radius 2 is 2.11 bits per heavy atom. The first-order valence-corrected chi connectivity index (χ1v) is 6.93.